The van der Waals surface area contributed by atoms with Crippen LogP contribution in [-0.4, -0.2) is 6.54 Å². The quantitative estimate of drug-likeness (QED) is 0.870. The Balaban J connectivity index is 1.86. The third-order valence-electron chi connectivity index (χ3n) is 3.42. The van der Waals surface area contributed by atoms with Crippen molar-refractivity contribution in [2.24, 2.45) is 0 Å². The Kier molecular flexibility index (Phi) is 3.26. The van der Waals surface area contributed by atoms with Crippen molar-refractivity contribution in [1.82, 2.24) is 0 Å². The number of nitrogens with zero attached hydrogens (tertiary/aromatic N) is 1. The maximum absolute atomic E-state index is 13.8. The normalized spacial score (nSPS) is 13.0. The third-order valence-corrected chi connectivity index (χ3v) is 3.42. The molecule has 0 saturated heterocycles. The topological polar surface area (TPSA) is 47.9 Å². The molecule has 4 heteroatoms. The monoisotopic (exact) mass is 267 g/mol. The molecule has 20 heavy (non-hydrogen) atoms. The van der Waals surface area contributed by atoms with Crippen molar-refractivity contribution in [1.29, 1.82) is 5.26 Å². The highest BCUT2D eigenvalue weighted by molar-refractivity contribution is 5.66. The predicted octanol–water partition coefficient (Wildman–Crippen LogP) is 3.80. The van der Waals surface area contributed by atoms with E-state index >= 15 is 0 Å². The van der Waals surface area contributed by atoms with E-state index in [4.69, 9.17) is 5.26 Å². The van der Waals surface area contributed by atoms with Crippen molar-refractivity contribution in [2.75, 3.05) is 17.2 Å². The van der Waals surface area contributed by atoms with Gasteiger partial charge in [-0.1, -0.05) is 0 Å². The molecule has 3 nitrogen and oxygen atoms in total. The van der Waals surface area contributed by atoms with E-state index in [0.717, 1.165) is 30.8 Å². The molecule has 0 atom stereocenters. The van der Waals surface area contributed by atoms with Gasteiger partial charge in [0.15, 0.2) is 0 Å². The van der Waals surface area contributed by atoms with Gasteiger partial charge in [-0.05, 0) is 54.8 Å². The Labute approximate surface area is 117 Å². The average molecular weight is 267 g/mol. The van der Waals surface area contributed by atoms with Gasteiger partial charge in [0.05, 0.1) is 17.3 Å². The van der Waals surface area contributed by atoms with Crippen molar-refractivity contribution in [3.8, 4) is 6.07 Å². The molecule has 1 heterocycles. The molecule has 3 rings (SSSR count). The smallest absolute Gasteiger partial charge is 0.147 e. The third kappa shape index (κ3) is 2.43. The van der Waals surface area contributed by atoms with Gasteiger partial charge in [0.1, 0.15) is 5.82 Å². The minimum absolute atomic E-state index is 0.322. The number of aryl methyl sites for hydroxylation is 1. The number of benzene rings is 2. The molecule has 0 fully saturated rings. The highest BCUT2D eigenvalue weighted by Crippen LogP contribution is 2.27. The fraction of sp³-hybridized carbons (Fsp3) is 0.188. The number of rotatable bonds is 2. The van der Waals surface area contributed by atoms with E-state index < -0.39 is 5.82 Å². The molecule has 0 aromatic heterocycles. The van der Waals surface area contributed by atoms with Crippen LogP contribution >= 0.6 is 0 Å². The van der Waals surface area contributed by atoms with Crippen molar-refractivity contribution >= 4 is 17.1 Å². The van der Waals surface area contributed by atoms with Crippen LogP contribution in [-0.2, 0) is 6.42 Å². The Morgan fingerprint density at radius 3 is 2.90 bits per heavy atom. The fourth-order valence-corrected chi connectivity index (χ4v) is 2.39. The van der Waals surface area contributed by atoms with Crippen LogP contribution in [0.2, 0.25) is 0 Å². The molecule has 2 aromatic carbocycles. The second-order valence-corrected chi connectivity index (χ2v) is 4.83. The van der Waals surface area contributed by atoms with E-state index in [2.05, 4.69) is 10.6 Å². The van der Waals surface area contributed by atoms with Crippen molar-refractivity contribution < 1.29 is 4.39 Å². The second kappa shape index (κ2) is 5.22. The van der Waals surface area contributed by atoms with Crippen LogP contribution in [0.3, 0.4) is 0 Å². The van der Waals surface area contributed by atoms with Gasteiger partial charge in [-0.3, -0.25) is 0 Å². The Morgan fingerprint density at radius 2 is 2.10 bits per heavy atom. The molecule has 0 spiro atoms. The number of hydrogen-bond acceptors (Lipinski definition) is 3. The number of hydrogen-bond donors (Lipinski definition) is 2. The van der Waals surface area contributed by atoms with E-state index in [1.165, 1.54) is 11.6 Å². The molecular weight excluding hydrogens is 253 g/mol. The lowest BCUT2D eigenvalue weighted by Gasteiger charge is -2.19. The first kappa shape index (κ1) is 12.5. The van der Waals surface area contributed by atoms with Crippen molar-refractivity contribution in [3.63, 3.8) is 0 Å². The van der Waals surface area contributed by atoms with E-state index in [-0.39, 0.29) is 0 Å². The number of nitrogens with one attached hydrogen (secondary N) is 2. The van der Waals surface area contributed by atoms with Gasteiger partial charge in [-0.2, -0.15) is 5.26 Å². The summed E-state index contributed by atoms with van der Waals surface area (Å²) in [6, 6.07) is 12.3. The molecule has 0 unspecified atom stereocenters. The van der Waals surface area contributed by atoms with Crippen LogP contribution < -0.4 is 10.6 Å². The largest absolute Gasteiger partial charge is 0.385 e. The summed E-state index contributed by atoms with van der Waals surface area (Å²) < 4.78 is 13.8. The summed E-state index contributed by atoms with van der Waals surface area (Å²) in [6.45, 7) is 1.00. The van der Waals surface area contributed by atoms with E-state index in [0.29, 0.717) is 11.3 Å². The molecular formula is C16H14FN3. The number of fused-ring (bicyclic) bond motifs is 1. The van der Waals surface area contributed by atoms with Crippen LogP contribution in [0, 0.1) is 17.1 Å². The van der Waals surface area contributed by atoms with Crippen molar-refractivity contribution in [3.05, 3.63) is 53.3 Å². The van der Waals surface area contributed by atoms with Crippen LogP contribution in [0.5, 0.6) is 0 Å². The Morgan fingerprint density at radius 1 is 1.20 bits per heavy atom. The van der Waals surface area contributed by atoms with Gasteiger partial charge in [0, 0.05) is 17.9 Å². The Bertz CT molecular complexity index is 689. The summed E-state index contributed by atoms with van der Waals surface area (Å²) >= 11 is 0. The van der Waals surface area contributed by atoms with E-state index in [9.17, 15) is 4.39 Å². The molecule has 100 valence electrons. The molecule has 0 bridgehead atoms. The summed E-state index contributed by atoms with van der Waals surface area (Å²) in [4.78, 5) is 0. The van der Waals surface area contributed by atoms with Crippen LogP contribution in [0.25, 0.3) is 0 Å². The van der Waals surface area contributed by atoms with Gasteiger partial charge in [-0.15, -0.1) is 0 Å². The van der Waals surface area contributed by atoms with Gasteiger partial charge in [0.2, 0.25) is 0 Å². The summed E-state index contributed by atoms with van der Waals surface area (Å²) in [5, 5.41) is 15.1. The zero-order chi connectivity index (χ0) is 13.9. The summed E-state index contributed by atoms with van der Waals surface area (Å²) in [5.41, 5.74) is 3.96. The first-order valence-corrected chi connectivity index (χ1v) is 6.60. The van der Waals surface area contributed by atoms with Gasteiger partial charge >= 0.3 is 0 Å². The molecule has 0 amide bonds. The summed E-state index contributed by atoms with van der Waals surface area (Å²) in [6.07, 6.45) is 2.15. The SMILES string of the molecule is N#Cc1ccc(Nc2ccc3c(c2)CCCN3)c(F)c1. The molecule has 0 radical (unpaired) electrons. The first-order chi connectivity index (χ1) is 9.76. The fourth-order valence-electron chi connectivity index (χ4n) is 2.39. The first-order valence-electron chi connectivity index (χ1n) is 6.60. The summed E-state index contributed by atoms with van der Waals surface area (Å²) in [7, 11) is 0. The van der Waals surface area contributed by atoms with Gasteiger partial charge in [-0.25, -0.2) is 4.39 Å². The predicted molar refractivity (Wildman–Crippen MR) is 77.7 cm³/mol. The van der Waals surface area contributed by atoms with Crippen LogP contribution in [0.15, 0.2) is 36.4 Å². The van der Waals surface area contributed by atoms with Gasteiger partial charge < -0.3 is 10.6 Å². The number of nitriles is 1. The zero-order valence-corrected chi connectivity index (χ0v) is 10.9. The van der Waals surface area contributed by atoms with Crippen LogP contribution in [0.4, 0.5) is 21.5 Å². The molecule has 1 aliphatic rings. The van der Waals surface area contributed by atoms with Crippen LogP contribution in [0.1, 0.15) is 17.5 Å². The maximum Gasteiger partial charge on any atom is 0.147 e. The number of anilines is 3. The highest BCUT2D eigenvalue weighted by atomic mass is 19.1. The lowest BCUT2D eigenvalue weighted by Crippen LogP contribution is -2.11. The van der Waals surface area contributed by atoms with E-state index in [1.54, 1.807) is 12.1 Å². The lowest BCUT2D eigenvalue weighted by atomic mass is 10.0. The summed E-state index contributed by atoms with van der Waals surface area (Å²) in [5.74, 6) is -0.417. The molecule has 1 aliphatic heterocycles. The number of halogens is 1. The maximum atomic E-state index is 13.8. The molecule has 0 aliphatic carbocycles. The standard InChI is InChI=1S/C16H14FN3/c17-14-8-11(10-18)3-5-16(14)20-13-4-6-15-12(9-13)2-1-7-19-15/h3-6,8-9,19-20H,1-2,7H2. The van der Waals surface area contributed by atoms with Crippen molar-refractivity contribution in [2.45, 2.75) is 12.8 Å². The highest BCUT2D eigenvalue weighted by Gasteiger charge is 2.10. The lowest BCUT2D eigenvalue weighted by molar-refractivity contribution is 0.631. The average Bonchev–Trinajstić information content (AvgIpc) is 2.49. The second-order valence-electron chi connectivity index (χ2n) is 4.83. The molecule has 2 N–H and O–H groups in total. The van der Waals surface area contributed by atoms with Gasteiger partial charge in [0.25, 0.3) is 0 Å². The minimum atomic E-state index is -0.417. The Hall–Kier alpha value is -2.54. The minimum Gasteiger partial charge on any atom is -0.385 e. The molecule has 0 saturated carbocycles. The van der Waals surface area contributed by atoms with E-state index in [1.807, 2.05) is 24.3 Å². The zero-order valence-electron chi connectivity index (χ0n) is 10.9. The molecule has 2 aromatic rings.